The number of hydrogen-bond donors (Lipinski definition) is 3. The predicted octanol–water partition coefficient (Wildman–Crippen LogP) is 2.20. The molecule has 0 aromatic heterocycles. The van der Waals surface area contributed by atoms with Crippen LogP contribution in [0, 0.1) is 0 Å². The van der Waals surface area contributed by atoms with Gasteiger partial charge in [0.15, 0.2) is 0 Å². The summed E-state index contributed by atoms with van der Waals surface area (Å²) in [6.45, 7) is 3.90. The van der Waals surface area contributed by atoms with Gasteiger partial charge in [0.1, 0.15) is 0 Å². The third-order valence-corrected chi connectivity index (χ3v) is 3.45. The van der Waals surface area contributed by atoms with Gasteiger partial charge in [-0.2, -0.15) is 0 Å². The number of nitrogens with one attached hydrogen (secondary N) is 1. The van der Waals surface area contributed by atoms with Crippen LogP contribution >= 0.6 is 11.6 Å². The Labute approximate surface area is 112 Å². The molecule has 1 amide bonds. The molecule has 0 spiro atoms. The first-order valence-corrected chi connectivity index (χ1v) is 6.28. The van der Waals surface area contributed by atoms with E-state index in [0.29, 0.717) is 22.7 Å². The lowest BCUT2D eigenvalue weighted by atomic mass is 9.94. The highest BCUT2D eigenvalue weighted by Gasteiger charge is 2.24. The monoisotopic (exact) mass is 270 g/mol. The smallest absolute Gasteiger partial charge is 0.251 e. The van der Waals surface area contributed by atoms with E-state index in [-0.39, 0.29) is 12.5 Å². The number of rotatable bonds is 5. The van der Waals surface area contributed by atoms with Crippen LogP contribution in [0.1, 0.15) is 37.0 Å². The van der Waals surface area contributed by atoms with Gasteiger partial charge in [-0.15, -0.1) is 0 Å². The number of carbonyl (C=O) groups is 1. The molecule has 1 unspecified atom stereocenters. The van der Waals surface area contributed by atoms with Crippen LogP contribution in [0.4, 0.5) is 5.69 Å². The summed E-state index contributed by atoms with van der Waals surface area (Å²) in [5.74, 6) is -0.213. The minimum Gasteiger partial charge on any atom is -0.398 e. The molecule has 0 bridgehead atoms. The van der Waals surface area contributed by atoms with Crippen molar-refractivity contribution < 1.29 is 9.90 Å². The number of anilines is 1. The minimum atomic E-state index is -0.417. The number of carbonyl (C=O) groups excluding carboxylic acids is 1. The van der Waals surface area contributed by atoms with Crippen molar-refractivity contribution in [1.82, 2.24) is 5.32 Å². The lowest BCUT2D eigenvalue weighted by Gasteiger charge is -2.29. The molecule has 0 heterocycles. The van der Waals surface area contributed by atoms with Gasteiger partial charge in [-0.1, -0.05) is 18.5 Å². The molecule has 1 atom stereocenters. The first kappa shape index (κ1) is 14.8. The van der Waals surface area contributed by atoms with Crippen LogP contribution in [0.15, 0.2) is 18.2 Å². The number of nitrogens with two attached hydrogens (primary N) is 1. The number of benzene rings is 1. The fourth-order valence-electron chi connectivity index (χ4n) is 1.59. The number of amides is 1. The quantitative estimate of drug-likeness (QED) is 0.718. The van der Waals surface area contributed by atoms with E-state index >= 15 is 0 Å². The van der Waals surface area contributed by atoms with E-state index in [2.05, 4.69) is 5.32 Å². The van der Waals surface area contributed by atoms with Crippen LogP contribution in [-0.2, 0) is 0 Å². The van der Waals surface area contributed by atoms with Gasteiger partial charge in [0.05, 0.1) is 10.7 Å². The van der Waals surface area contributed by atoms with Gasteiger partial charge < -0.3 is 16.2 Å². The van der Waals surface area contributed by atoms with E-state index in [1.54, 1.807) is 18.2 Å². The first-order chi connectivity index (χ1) is 8.41. The molecule has 1 aromatic carbocycles. The lowest BCUT2D eigenvalue weighted by molar-refractivity contribution is 0.0886. The van der Waals surface area contributed by atoms with E-state index in [1.165, 1.54) is 0 Å². The molecule has 0 aliphatic carbocycles. The summed E-state index contributed by atoms with van der Waals surface area (Å²) in [6.07, 6.45) is 1.25. The molecule has 0 saturated heterocycles. The highest BCUT2D eigenvalue weighted by Crippen LogP contribution is 2.21. The number of halogens is 1. The van der Waals surface area contributed by atoms with Gasteiger partial charge in [-0.3, -0.25) is 4.79 Å². The van der Waals surface area contributed by atoms with Gasteiger partial charge in [0.25, 0.3) is 5.91 Å². The maximum Gasteiger partial charge on any atom is 0.251 e. The molecule has 5 heteroatoms. The van der Waals surface area contributed by atoms with Gasteiger partial charge >= 0.3 is 0 Å². The molecule has 0 fully saturated rings. The normalized spacial score (nSPS) is 14.0. The summed E-state index contributed by atoms with van der Waals surface area (Å²) < 4.78 is 0. The summed E-state index contributed by atoms with van der Waals surface area (Å²) >= 11 is 5.88. The van der Waals surface area contributed by atoms with E-state index in [4.69, 9.17) is 22.4 Å². The molecule has 0 aliphatic heterocycles. The lowest BCUT2D eigenvalue weighted by Crippen LogP contribution is -2.46. The maximum atomic E-state index is 12.1. The summed E-state index contributed by atoms with van der Waals surface area (Å²) in [6, 6.07) is 4.78. The standard InChI is InChI=1S/C13H19ClN2O2/c1-3-13(2,6-7-17)16-12(18)9-4-5-11(15)10(14)8-9/h4-5,8,17H,3,6-7,15H2,1-2H3,(H,16,18). The zero-order valence-electron chi connectivity index (χ0n) is 10.7. The first-order valence-electron chi connectivity index (χ1n) is 5.90. The third kappa shape index (κ3) is 3.62. The zero-order valence-corrected chi connectivity index (χ0v) is 11.4. The van der Waals surface area contributed by atoms with Crippen molar-refractivity contribution in [2.75, 3.05) is 12.3 Å². The minimum absolute atomic E-state index is 0.0348. The molecule has 1 rings (SSSR count). The van der Waals surface area contributed by atoms with Crippen molar-refractivity contribution in [2.45, 2.75) is 32.2 Å². The fraction of sp³-hybridized carbons (Fsp3) is 0.462. The van der Waals surface area contributed by atoms with Gasteiger partial charge in [-0.05, 0) is 38.0 Å². The Morgan fingerprint density at radius 3 is 2.72 bits per heavy atom. The molecule has 0 radical (unpaired) electrons. The molecular formula is C13H19ClN2O2. The highest BCUT2D eigenvalue weighted by molar-refractivity contribution is 6.33. The zero-order chi connectivity index (χ0) is 13.8. The van der Waals surface area contributed by atoms with Crippen LogP contribution in [0.3, 0.4) is 0 Å². The van der Waals surface area contributed by atoms with Crippen LogP contribution < -0.4 is 11.1 Å². The van der Waals surface area contributed by atoms with Gasteiger partial charge in [0.2, 0.25) is 0 Å². The van der Waals surface area contributed by atoms with Crippen LogP contribution in [0.2, 0.25) is 5.02 Å². The molecule has 4 nitrogen and oxygen atoms in total. The van der Waals surface area contributed by atoms with Crippen molar-refractivity contribution in [3.8, 4) is 0 Å². The predicted molar refractivity (Wildman–Crippen MR) is 73.7 cm³/mol. The van der Waals surface area contributed by atoms with Crippen molar-refractivity contribution in [1.29, 1.82) is 0 Å². The van der Waals surface area contributed by atoms with Crippen molar-refractivity contribution in [3.63, 3.8) is 0 Å². The van der Waals surface area contributed by atoms with Crippen LogP contribution in [0.5, 0.6) is 0 Å². The summed E-state index contributed by atoms with van der Waals surface area (Å²) in [5.41, 5.74) is 6.09. The Balaban J connectivity index is 2.84. The summed E-state index contributed by atoms with van der Waals surface area (Å²) in [7, 11) is 0. The number of aliphatic hydroxyl groups excluding tert-OH is 1. The topological polar surface area (TPSA) is 75.3 Å². The number of aliphatic hydroxyl groups is 1. The summed E-state index contributed by atoms with van der Waals surface area (Å²) in [4.78, 5) is 12.1. The molecule has 18 heavy (non-hydrogen) atoms. The Morgan fingerprint density at radius 2 is 2.22 bits per heavy atom. The highest BCUT2D eigenvalue weighted by atomic mass is 35.5. The largest absolute Gasteiger partial charge is 0.398 e. The van der Waals surface area contributed by atoms with Crippen molar-refractivity contribution in [2.24, 2.45) is 0 Å². The van der Waals surface area contributed by atoms with E-state index in [0.717, 1.165) is 6.42 Å². The summed E-state index contributed by atoms with van der Waals surface area (Å²) in [5, 5.41) is 12.3. The van der Waals surface area contributed by atoms with Crippen LogP contribution in [0.25, 0.3) is 0 Å². The second-order valence-corrected chi connectivity index (χ2v) is 4.99. The fourth-order valence-corrected chi connectivity index (χ4v) is 1.77. The molecular weight excluding hydrogens is 252 g/mol. The molecule has 1 aromatic rings. The second kappa shape index (κ2) is 6.07. The van der Waals surface area contributed by atoms with E-state index in [1.807, 2.05) is 13.8 Å². The average Bonchev–Trinajstić information content (AvgIpc) is 2.32. The van der Waals surface area contributed by atoms with Crippen molar-refractivity contribution in [3.05, 3.63) is 28.8 Å². The maximum absolute atomic E-state index is 12.1. The molecule has 0 saturated carbocycles. The Bertz CT molecular complexity index is 437. The van der Waals surface area contributed by atoms with E-state index in [9.17, 15) is 4.79 Å². The number of hydrogen-bond acceptors (Lipinski definition) is 3. The molecule has 0 aliphatic rings. The Hall–Kier alpha value is -1.26. The van der Waals surface area contributed by atoms with E-state index < -0.39 is 5.54 Å². The van der Waals surface area contributed by atoms with Gasteiger partial charge in [-0.25, -0.2) is 0 Å². The third-order valence-electron chi connectivity index (χ3n) is 3.12. The average molecular weight is 271 g/mol. The Kier molecular flexibility index (Phi) is 4.99. The Morgan fingerprint density at radius 1 is 1.56 bits per heavy atom. The number of nitrogen functional groups attached to an aromatic ring is 1. The molecule has 4 N–H and O–H groups in total. The van der Waals surface area contributed by atoms with Crippen molar-refractivity contribution >= 4 is 23.2 Å². The SMILES string of the molecule is CCC(C)(CCO)NC(=O)c1ccc(N)c(Cl)c1. The van der Waals surface area contributed by atoms with Gasteiger partial charge in [0, 0.05) is 17.7 Å². The second-order valence-electron chi connectivity index (χ2n) is 4.58. The van der Waals surface area contributed by atoms with Crippen LogP contribution in [-0.4, -0.2) is 23.2 Å². The molecule has 100 valence electrons.